The SMILES string of the molecule is CCN(CC)c1cc(Cl)cc(C(=O)Nc2ccc(C(=O)O)cc2)n1. The third-order valence-electron chi connectivity index (χ3n) is 3.49. The minimum Gasteiger partial charge on any atom is -0.478 e. The maximum absolute atomic E-state index is 12.4. The van der Waals surface area contributed by atoms with E-state index in [2.05, 4.69) is 10.3 Å². The molecule has 0 aliphatic heterocycles. The number of benzene rings is 1. The van der Waals surface area contributed by atoms with Gasteiger partial charge in [-0.2, -0.15) is 0 Å². The van der Waals surface area contributed by atoms with Crippen LogP contribution < -0.4 is 10.2 Å². The zero-order valence-electron chi connectivity index (χ0n) is 13.4. The largest absolute Gasteiger partial charge is 0.478 e. The molecule has 0 fully saturated rings. The van der Waals surface area contributed by atoms with E-state index in [9.17, 15) is 9.59 Å². The van der Waals surface area contributed by atoms with Crippen LogP contribution in [0.5, 0.6) is 0 Å². The molecule has 0 bridgehead atoms. The summed E-state index contributed by atoms with van der Waals surface area (Å²) in [6, 6.07) is 9.10. The lowest BCUT2D eigenvalue weighted by atomic mass is 10.2. The fourth-order valence-corrected chi connectivity index (χ4v) is 2.40. The van der Waals surface area contributed by atoms with Crippen molar-refractivity contribution in [1.29, 1.82) is 0 Å². The number of carboxylic acid groups (broad SMARTS) is 1. The Hall–Kier alpha value is -2.60. The molecular formula is C17H18ClN3O3. The van der Waals surface area contributed by atoms with Gasteiger partial charge < -0.3 is 15.3 Å². The van der Waals surface area contributed by atoms with E-state index >= 15 is 0 Å². The molecule has 0 aliphatic rings. The number of aromatic nitrogens is 1. The van der Waals surface area contributed by atoms with E-state index < -0.39 is 11.9 Å². The zero-order chi connectivity index (χ0) is 17.7. The molecule has 2 rings (SSSR count). The van der Waals surface area contributed by atoms with E-state index in [0.717, 1.165) is 13.1 Å². The normalized spacial score (nSPS) is 10.3. The molecule has 6 nitrogen and oxygen atoms in total. The van der Waals surface area contributed by atoms with Gasteiger partial charge in [0, 0.05) is 23.8 Å². The summed E-state index contributed by atoms with van der Waals surface area (Å²) in [6.07, 6.45) is 0. The first-order chi connectivity index (χ1) is 11.4. The second-order valence-corrected chi connectivity index (χ2v) is 5.47. The molecule has 0 unspecified atom stereocenters. The summed E-state index contributed by atoms with van der Waals surface area (Å²) in [5, 5.41) is 12.0. The molecule has 0 saturated carbocycles. The number of nitrogens with one attached hydrogen (secondary N) is 1. The average Bonchev–Trinajstić information content (AvgIpc) is 2.56. The molecule has 0 atom stereocenters. The molecule has 1 aromatic heterocycles. The Kier molecular flexibility index (Phi) is 5.76. The van der Waals surface area contributed by atoms with Crippen LogP contribution in [-0.2, 0) is 0 Å². The number of nitrogens with zero attached hydrogens (tertiary/aromatic N) is 2. The molecule has 24 heavy (non-hydrogen) atoms. The van der Waals surface area contributed by atoms with Crippen LogP contribution in [0, 0.1) is 0 Å². The molecular weight excluding hydrogens is 330 g/mol. The Morgan fingerprint density at radius 2 is 1.79 bits per heavy atom. The van der Waals surface area contributed by atoms with Crippen LogP contribution in [0.3, 0.4) is 0 Å². The average molecular weight is 348 g/mol. The van der Waals surface area contributed by atoms with E-state index in [0.29, 0.717) is 16.5 Å². The van der Waals surface area contributed by atoms with Crippen LogP contribution in [0.2, 0.25) is 5.02 Å². The molecule has 1 amide bonds. The van der Waals surface area contributed by atoms with Gasteiger partial charge in [-0.3, -0.25) is 4.79 Å². The standard InChI is InChI=1S/C17H18ClN3O3/c1-3-21(4-2)15-10-12(18)9-14(20-15)16(22)19-13-7-5-11(6-8-13)17(23)24/h5-10H,3-4H2,1-2H3,(H,19,22)(H,23,24). The maximum Gasteiger partial charge on any atom is 0.335 e. The Labute approximate surface area is 145 Å². The Morgan fingerprint density at radius 3 is 2.33 bits per heavy atom. The molecule has 126 valence electrons. The van der Waals surface area contributed by atoms with Gasteiger partial charge in [0.1, 0.15) is 11.5 Å². The number of amides is 1. The second-order valence-electron chi connectivity index (χ2n) is 5.04. The molecule has 0 radical (unpaired) electrons. The summed E-state index contributed by atoms with van der Waals surface area (Å²) < 4.78 is 0. The zero-order valence-corrected chi connectivity index (χ0v) is 14.2. The number of pyridine rings is 1. The van der Waals surface area contributed by atoms with Gasteiger partial charge in [0.05, 0.1) is 5.56 Å². The monoisotopic (exact) mass is 347 g/mol. The second kappa shape index (κ2) is 7.79. The summed E-state index contributed by atoms with van der Waals surface area (Å²) in [5.41, 5.74) is 0.834. The van der Waals surface area contributed by atoms with Gasteiger partial charge in [-0.05, 0) is 50.2 Å². The van der Waals surface area contributed by atoms with Gasteiger partial charge in [0.15, 0.2) is 0 Å². The lowest BCUT2D eigenvalue weighted by molar-refractivity contribution is 0.0696. The van der Waals surface area contributed by atoms with Crippen molar-refractivity contribution in [3.8, 4) is 0 Å². The molecule has 7 heteroatoms. The van der Waals surface area contributed by atoms with Crippen molar-refractivity contribution < 1.29 is 14.7 Å². The lowest BCUT2D eigenvalue weighted by Gasteiger charge is -2.20. The fraction of sp³-hybridized carbons (Fsp3) is 0.235. The topological polar surface area (TPSA) is 82.5 Å². The van der Waals surface area contributed by atoms with Crippen molar-refractivity contribution in [3.63, 3.8) is 0 Å². The predicted molar refractivity (Wildman–Crippen MR) is 94.2 cm³/mol. The summed E-state index contributed by atoms with van der Waals surface area (Å²) in [6.45, 7) is 5.49. The number of aromatic carboxylic acids is 1. The first kappa shape index (κ1) is 17.7. The molecule has 2 aromatic rings. The smallest absolute Gasteiger partial charge is 0.335 e. The van der Waals surface area contributed by atoms with Gasteiger partial charge in [-0.1, -0.05) is 11.6 Å². The first-order valence-electron chi connectivity index (χ1n) is 7.51. The summed E-state index contributed by atoms with van der Waals surface area (Å²) in [4.78, 5) is 29.5. The number of anilines is 2. The number of halogens is 1. The van der Waals surface area contributed by atoms with Crippen LogP contribution in [0.15, 0.2) is 36.4 Å². The summed E-state index contributed by atoms with van der Waals surface area (Å²) in [7, 11) is 0. The van der Waals surface area contributed by atoms with Crippen LogP contribution in [0.4, 0.5) is 11.5 Å². The van der Waals surface area contributed by atoms with Crippen molar-refractivity contribution in [2.75, 3.05) is 23.3 Å². The highest BCUT2D eigenvalue weighted by Gasteiger charge is 2.13. The Morgan fingerprint density at radius 1 is 1.17 bits per heavy atom. The number of hydrogen-bond acceptors (Lipinski definition) is 4. The van der Waals surface area contributed by atoms with Crippen molar-refractivity contribution in [2.45, 2.75) is 13.8 Å². The van der Waals surface area contributed by atoms with E-state index in [1.165, 1.54) is 30.3 Å². The van der Waals surface area contributed by atoms with Gasteiger partial charge in [-0.15, -0.1) is 0 Å². The summed E-state index contributed by atoms with van der Waals surface area (Å²) >= 11 is 6.10. The minimum atomic E-state index is -1.02. The predicted octanol–water partition coefficient (Wildman–Crippen LogP) is 3.53. The van der Waals surface area contributed by atoms with Crippen molar-refractivity contribution in [2.24, 2.45) is 0 Å². The van der Waals surface area contributed by atoms with Crippen molar-refractivity contribution in [3.05, 3.63) is 52.7 Å². The quantitative estimate of drug-likeness (QED) is 0.835. The van der Waals surface area contributed by atoms with E-state index in [1.807, 2.05) is 18.7 Å². The number of carbonyl (C=O) groups is 2. The molecule has 1 heterocycles. The summed E-state index contributed by atoms with van der Waals surface area (Å²) in [5.74, 6) is -0.791. The highest BCUT2D eigenvalue weighted by molar-refractivity contribution is 6.31. The number of carbonyl (C=O) groups excluding carboxylic acids is 1. The van der Waals surface area contributed by atoms with Crippen LogP contribution in [0.25, 0.3) is 0 Å². The van der Waals surface area contributed by atoms with E-state index in [1.54, 1.807) is 6.07 Å². The van der Waals surface area contributed by atoms with Crippen molar-refractivity contribution in [1.82, 2.24) is 4.98 Å². The molecule has 1 aromatic carbocycles. The van der Waals surface area contributed by atoms with Crippen LogP contribution in [0.1, 0.15) is 34.7 Å². The molecule has 0 aliphatic carbocycles. The third-order valence-corrected chi connectivity index (χ3v) is 3.70. The number of hydrogen-bond donors (Lipinski definition) is 2. The van der Waals surface area contributed by atoms with Gasteiger partial charge in [-0.25, -0.2) is 9.78 Å². The highest BCUT2D eigenvalue weighted by atomic mass is 35.5. The van der Waals surface area contributed by atoms with Gasteiger partial charge >= 0.3 is 5.97 Å². The van der Waals surface area contributed by atoms with Gasteiger partial charge in [0.2, 0.25) is 0 Å². The van der Waals surface area contributed by atoms with Gasteiger partial charge in [0.25, 0.3) is 5.91 Å². The lowest BCUT2D eigenvalue weighted by Crippen LogP contribution is -2.24. The third kappa shape index (κ3) is 4.23. The first-order valence-corrected chi connectivity index (χ1v) is 7.89. The fourth-order valence-electron chi connectivity index (χ4n) is 2.20. The maximum atomic E-state index is 12.4. The Balaban J connectivity index is 2.21. The van der Waals surface area contributed by atoms with Crippen molar-refractivity contribution >= 4 is 35.0 Å². The van der Waals surface area contributed by atoms with E-state index in [-0.39, 0.29) is 11.3 Å². The molecule has 2 N–H and O–H groups in total. The Bertz CT molecular complexity index is 743. The number of carboxylic acids is 1. The van der Waals surface area contributed by atoms with Crippen LogP contribution in [-0.4, -0.2) is 35.1 Å². The van der Waals surface area contributed by atoms with E-state index in [4.69, 9.17) is 16.7 Å². The highest BCUT2D eigenvalue weighted by Crippen LogP contribution is 2.20. The van der Waals surface area contributed by atoms with Crippen LogP contribution >= 0.6 is 11.6 Å². The number of rotatable bonds is 6. The molecule has 0 saturated heterocycles. The molecule has 0 spiro atoms. The minimum absolute atomic E-state index is 0.151.